The van der Waals surface area contributed by atoms with Crippen LogP contribution in [0.5, 0.6) is 0 Å². The first kappa shape index (κ1) is 15.3. The van der Waals surface area contributed by atoms with Gasteiger partial charge < -0.3 is 9.40 Å². The summed E-state index contributed by atoms with van der Waals surface area (Å²) in [6.07, 6.45) is 0. The number of aromatic nitrogens is 2. The minimum atomic E-state index is -0.522. The first-order valence-electron chi connectivity index (χ1n) is 8.20. The van der Waals surface area contributed by atoms with Gasteiger partial charge in [-0.05, 0) is 29.0 Å². The van der Waals surface area contributed by atoms with Gasteiger partial charge in [-0.15, -0.1) is 0 Å². The minimum absolute atomic E-state index is 0.0470. The molecule has 5 aromatic rings. The number of non-ortho nitro benzene ring substituents is 1. The van der Waals surface area contributed by atoms with Crippen LogP contribution in [0, 0.1) is 10.1 Å². The van der Waals surface area contributed by atoms with Crippen molar-refractivity contribution in [1.29, 1.82) is 0 Å². The Hall–Kier alpha value is -4.00. The van der Waals surface area contributed by atoms with Gasteiger partial charge in [-0.2, -0.15) is 0 Å². The fraction of sp³-hybridized carbons (Fsp3) is 0. The van der Waals surface area contributed by atoms with Gasteiger partial charge in [0.2, 0.25) is 0 Å². The van der Waals surface area contributed by atoms with E-state index < -0.39 is 10.5 Å². The largest absolute Gasteiger partial charge is 0.422 e. The highest BCUT2D eigenvalue weighted by Crippen LogP contribution is 2.28. The van der Waals surface area contributed by atoms with Crippen LogP contribution in [0.15, 0.2) is 69.9 Å². The number of nitrogens with one attached hydrogen (secondary N) is 1. The van der Waals surface area contributed by atoms with Crippen LogP contribution in [-0.4, -0.2) is 14.9 Å². The number of nitro groups is 1. The third-order valence-corrected chi connectivity index (χ3v) is 4.57. The molecule has 0 aliphatic heterocycles. The summed E-state index contributed by atoms with van der Waals surface area (Å²) in [6, 6.07) is 17.6. The lowest BCUT2D eigenvalue weighted by molar-refractivity contribution is -0.384. The summed E-state index contributed by atoms with van der Waals surface area (Å²) in [5.41, 5.74) is 1.22. The summed E-state index contributed by atoms with van der Waals surface area (Å²) < 4.78 is 5.49. The molecule has 3 aromatic carbocycles. The van der Waals surface area contributed by atoms with Gasteiger partial charge in [-0.3, -0.25) is 10.1 Å². The molecule has 0 aliphatic rings. The van der Waals surface area contributed by atoms with E-state index in [0.29, 0.717) is 22.4 Å². The summed E-state index contributed by atoms with van der Waals surface area (Å²) in [6.45, 7) is 0. The fourth-order valence-corrected chi connectivity index (χ4v) is 3.28. The molecule has 0 unspecified atom stereocenters. The third-order valence-electron chi connectivity index (χ3n) is 4.57. The van der Waals surface area contributed by atoms with E-state index in [1.807, 2.05) is 30.3 Å². The lowest BCUT2D eigenvalue weighted by Crippen LogP contribution is -2.03. The smallest absolute Gasteiger partial charge is 0.347 e. The van der Waals surface area contributed by atoms with Crippen LogP contribution < -0.4 is 5.63 Å². The second kappa shape index (κ2) is 5.50. The number of benzene rings is 3. The van der Waals surface area contributed by atoms with Crippen molar-refractivity contribution >= 4 is 38.5 Å². The molecule has 0 radical (unpaired) electrons. The zero-order chi connectivity index (χ0) is 18.5. The minimum Gasteiger partial charge on any atom is -0.422 e. The number of nitrogens with zero attached hydrogens (tertiary/aromatic N) is 2. The van der Waals surface area contributed by atoms with Gasteiger partial charge in [-0.25, -0.2) is 9.78 Å². The quantitative estimate of drug-likeness (QED) is 0.218. The lowest BCUT2D eigenvalue weighted by atomic mass is 10.0. The van der Waals surface area contributed by atoms with Crippen molar-refractivity contribution in [3.63, 3.8) is 0 Å². The molecule has 0 spiro atoms. The normalized spacial score (nSPS) is 11.4. The molecular formula is C20H11N3O4. The van der Waals surface area contributed by atoms with Crippen LogP contribution in [0.25, 0.3) is 44.2 Å². The SMILES string of the molecule is O=c1oc2ccc3ccccc3c2cc1-c1nc2ccc([N+](=O)[O-])cc2[nH]1. The van der Waals surface area contributed by atoms with Gasteiger partial charge in [0.15, 0.2) is 0 Å². The van der Waals surface area contributed by atoms with E-state index >= 15 is 0 Å². The molecule has 2 aromatic heterocycles. The lowest BCUT2D eigenvalue weighted by Gasteiger charge is -2.04. The molecule has 0 atom stereocenters. The maximum absolute atomic E-state index is 12.5. The molecule has 130 valence electrons. The number of nitro benzene ring substituents is 1. The van der Waals surface area contributed by atoms with Crippen molar-refractivity contribution in [2.75, 3.05) is 0 Å². The van der Waals surface area contributed by atoms with E-state index in [2.05, 4.69) is 9.97 Å². The van der Waals surface area contributed by atoms with Crippen molar-refractivity contribution in [3.05, 3.63) is 81.2 Å². The maximum atomic E-state index is 12.5. The predicted molar refractivity (Wildman–Crippen MR) is 102 cm³/mol. The van der Waals surface area contributed by atoms with Gasteiger partial charge >= 0.3 is 5.63 Å². The number of H-pyrrole nitrogens is 1. The van der Waals surface area contributed by atoms with Crippen LogP contribution in [0.2, 0.25) is 0 Å². The molecule has 7 heteroatoms. The van der Waals surface area contributed by atoms with Crippen LogP contribution >= 0.6 is 0 Å². The molecule has 0 fully saturated rings. The van der Waals surface area contributed by atoms with Gasteiger partial charge in [0.1, 0.15) is 17.0 Å². The average molecular weight is 357 g/mol. The van der Waals surface area contributed by atoms with Crippen molar-refractivity contribution < 1.29 is 9.34 Å². The Morgan fingerprint density at radius 2 is 1.85 bits per heavy atom. The van der Waals surface area contributed by atoms with Gasteiger partial charge in [0.25, 0.3) is 5.69 Å². The van der Waals surface area contributed by atoms with Crippen LogP contribution in [-0.2, 0) is 0 Å². The zero-order valence-corrected chi connectivity index (χ0v) is 13.8. The van der Waals surface area contributed by atoms with Gasteiger partial charge in [0.05, 0.1) is 16.0 Å². The van der Waals surface area contributed by atoms with E-state index in [-0.39, 0.29) is 11.3 Å². The van der Waals surface area contributed by atoms with E-state index in [1.54, 1.807) is 18.2 Å². The monoisotopic (exact) mass is 357 g/mol. The Morgan fingerprint density at radius 1 is 1.00 bits per heavy atom. The molecule has 1 N–H and O–H groups in total. The highest BCUT2D eigenvalue weighted by molar-refractivity contribution is 6.06. The summed E-state index contributed by atoms with van der Waals surface area (Å²) in [5, 5.41) is 13.7. The average Bonchev–Trinajstić information content (AvgIpc) is 3.10. The Labute approximate surface area is 151 Å². The van der Waals surface area contributed by atoms with Crippen LogP contribution in [0.3, 0.4) is 0 Å². The van der Waals surface area contributed by atoms with Crippen molar-refractivity contribution in [2.45, 2.75) is 0 Å². The molecule has 0 saturated carbocycles. The molecule has 0 saturated heterocycles. The van der Waals surface area contributed by atoms with Gasteiger partial charge in [0, 0.05) is 17.5 Å². The van der Waals surface area contributed by atoms with E-state index in [1.165, 1.54) is 12.1 Å². The zero-order valence-electron chi connectivity index (χ0n) is 13.8. The molecule has 7 nitrogen and oxygen atoms in total. The number of imidazole rings is 1. The van der Waals surface area contributed by atoms with E-state index in [0.717, 1.165) is 16.2 Å². The number of fused-ring (bicyclic) bond motifs is 4. The van der Waals surface area contributed by atoms with E-state index in [4.69, 9.17) is 4.42 Å². The topological polar surface area (TPSA) is 102 Å². The summed E-state index contributed by atoms with van der Waals surface area (Å²) in [7, 11) is 0. The number of rotatable bonds is 2. The van der Waals surface area contributed by atoms with Crippen LogP contribution in [0.1, 0.15) is 0 Å². The Kier molecular flexibility index (Phi) is 3.11. The highest BCUT2D eigenvalue weighted by Gasteiger charge is 2.15. The Bertz CT molecular complexity index is 1430. The Morgan fingerprint density at radius 3 is 2.70 bits per heavy atom. The van der Waals surface area contributed by atoms with E-state index in [9.17, 15) is 14.9 Å². The summed E-state index contributed by atoms with van der Waals surface area (Å²) in [5.74, 6) is 0.314. The number of aromatic amines is 1. The number of hydrogen-bond donors (Lipinski definition) is 1. The first-order chi connectivity index (χ1) is 13.1. The van der Waals surface area contributed by atoms with Gasteiger partial charge in [-0.1, -0.05) is 30.3 Å². The molecule has 2 heterocycles. The van der Waals surface area contributed by atoms with Crippen LogP contribution in [0.4, 0.5) is 5.69 Å². The fourth-order valence-electron chi connectivity index (χ4n) is 3.28. The second-order valence-corrected chi connectivity index (χ2v) is 6.19. The second-order valence-electron chi connectivity index (χ2n) is 6.19. The third kappa shape index (κ3) is 2.36. The predicted octanol–water partition coefficient (Wildman–Crippen LogP) is 4.40. The molecular weight excluding hydrogens is 346 g/mol. The molecule has 5 rings (SSSR count). The Balaban J connectivity index is 1.78. The summed E-state index contributed by atoms with van der Waals surface area (Å²) >= 11 is 0. The first-order valence-corrected chi connectivity index (χ1v) is 8.20. The van der Waals surface area contributed by atoms with Crippen molar-refractivity contribution in [2.24, 2.45) is 0 Å². The molecule has 27 heavy (non-hydrogen) atoms. The highest BCUT2D eigenvalue weighted by atomic mass is 16.6. The molecule has 0 amide bonds. The number of hydrogen-bond acceptors (Lipinski definition) is 5. The standard InChI is InChI=1S/C20H11N3O4/c24-20-15(19-21-16-7-6-12(23(25)26)9-17(16)22-19)10-14-13-4-2-1-3-11(13)5-8-18(14)27-20/h1-10H,(H,21,22). The van der Waals surface area contributed by atoms with Crippen molar-refractivity contribution in [1.82, 2.24) is 9.97 Å². The molecule has 0 bridgehead atoms. The maximum Gasteiger partial charge on any atom is 0.347 e. The molecule has 0 aliphatic carbocycles. The van der Waals surface area contributed by atoms with Crippen molar-refractivity contribution in [3.8, 4) is 11.4 Å². The summed E-state index contributed by atoms with van der Waals surface area (Å²) in [4.78, 5) is 30.3.